The highest BCUT2D eigenvalue weighted by molar-refractivity contribution is 6.29. The van der Waals surface area contributed by atoms with Crippen molar-refractivity contribution in [3.63, 3.8) is 0 Å². The van der Waals surface area contributed by atoms with Crippen LogP contribution < -0.4 is 15.4 Å². The smallest absolute Gasteiger partial charge is 0.275 e. The average molecular weight is 318 g/mol. The van der Waals surface area contributed by atoms with E-state index in [0.29, 0.717) is 33.7 Å². The third kappa shape index (κ3) is 2.27. The van der Waals surface area contributed by atoms with Crippen molar-refractivity contribution in [2.45, 2.75) is 26.4 Å². The van der Waals surface area contributed by atoms with Crippen molar-refractivity contribution >= 4 is 34.6 Å². The number of anilines is 3. The maximum Gasteiger partial charge on any atom is 0.275 e. The molecule has 2 aromatic rings. The molecule has 2 heterocycles. The van der Waals surface area contributed by atoms with Crippen molar-refractivity contribution in [3.05, 3.63) is 41.2 Å². The van der Waals surface area contributed by atoms with E-state index in [0.717, 1.165) is 0 Å². The van der Waals surface area contributed by atoms with Gasteiger partial charge in [-0.25, -0.2) is 4.98 Å². The number of halogens is 1. The van der Waals surface area contributed by atoms with Gasteiger partial charge in [0.1, 0.15) is 10.9 Å². The Labute approximate surface area is 133 Å². The summed E-state index contributed by atoms with van der Waals surface area (Å²) in [5.74, 6) is 0.399. The molecular formula is C16H16ClN3O2. The monoisotopic (exact) mass is 317 g/mol. The first-order chi connectivity index (χ1) is 10.3. The molecule has 1 aromatic carbocycles. The first-order valence-corrected chi connectivity index (χ1v) is 7.23. The maximum atomic E-state index is 12.8. The van der Waals surface area contributed by atoms with E-state index in [-0.39, 0.29) is 5.91 Å². The summed E-state index contributed by atoms with van der Waals surface area (Å²) in [4.78, 5) is 18.7. The van der Waals surface area contributed by atoms with Crippen LogP contribution in [0.5, 0.6) is 5.75 Å². The SMILES string of the molecule is Cc1nc(Cl)ccc1N1C(=O)C(C)(C)Oc2cc(N)ccc21. The van der Waals surface area contributed by atoms with E-state index in [2.05, 4.69) is 4.98 Å². The van der Waals surface area contributed by atoms with Crippen LogP contribution >= 0.6 is 11.6 Å². The second-order valence-corrected chi connectivity index (χ2v) is 6.11. The molecule has 0 aliphatic carbocycles. The largest absolute Gasteiger partial charge is 0.476 e. The minimum Gasteiger partial charge on any atom is -0.476 e. The molecule has 22 heavy (non-hydrogen) atoms. The average Bonchev–Trinajstić information content (AvgIpc) is 2.41. The molecule has 6 heteroatoms. The van der Waals surface area contributed by atoms with Crippen molar-refractivity contribution < 1.29 is 9.53 Å². The number of aromatic nitrogens is 1. The molecule has 3 rings (SSSR count). The number of nitrogens with zero attached hydrogens (tertiary/aromatic N) is 2. The van der Waals surface area contributed by atoms with E-state index in [4.69, 9.17) is 22.1 Å². The molecule has 1 aliphatic heterocycles. The van der Waals surface area contributed by atoms with Crippen molar-refractivity contribution in [2.24, 2.45) is 0 Å². The molecule has 2 N–H and O–H groups in total. The maximum absolute atomic E-state index is 12.8. The number of nitrogen functional groups attached to an aromatic ring is 1. The minimum absolute atomic E-state index is 0.169. The highest BCUT2D eigenvalue weighted by Gasteiger charge is 2.42. The summed E-state index contributed by atoms with van der Waals surface area (Å²) in [5, 5.41) is 0.388. The molecule has 0 atom stereocenters. The van der Waals surface area contributed by atoms with Gasteiger partial charge < -0.3 is 10.5 Å². The molecule has 1 aliphatic rings. The van der Waals surface area contributed by atoms with Crippen LogP contribution in [0.15, 0.2) is 30.3 Å². The Balaban J connectivity index is 2.23. The lowest BCUT2D eigenvalue weighted by Gasteiger charge is -2.39. The van der Waals surface area contributed by atoms with Crippen LogP contribution in [0.25, 0.3) is 0 Å². The third-order valence-electron chi connectivity index (χ3n) is 3.57. The second-order valence-electron chi connectivity index (χ2n) is 5.72. The Morgan fingerprint density at radius 1 is 1.23 bits per heavy atom. The number of fused-ring (bicyclic) bond motifs is 1. The standard InChI is InChI=1S/C16H16ClN3O2/c1-9-11(6-7-14(17)19-9)20-12-5-4-10(18)8-13(12)22-16(2,3)15(20)21/h4-8H,18H2,1-3H3. The Hall–Kier alpha value is -2.27. The zero-order chi connectivity index (χ0) is 16.1. The van der Waals surface area contributed by atoms with Gasteiger partial charge in [-0.3, -0.25) is 9.69 Å². The minimum atomic E-state index is -0.993. The molecule has 114 valence electrons. The van der Waals surface area contributed by atoms with Crippen LogP contribution in [0, 0.1) is 6.92 Å². The molecule has 0 spiro atoms. The summed E-state index contributed by atoms with van der Waals surface area (Å²) in [5.41, 5.74) is 7.40. The van der Waals surface area contributed by atoms with E-state index >= 15 is 0 Å². The van der Waals surface area contributed by atoms with Crippen LogP contribution in [0.1, 0.15) is 19.5 Å². The lowest BCUT2D eigenvalue weighted by Crippen LogP contribution is -2.50. The van der Waals surface area contributed by atoms with E-state index < -0.39 is 5.60 Å². The highest BCUT2D eigenvalue weighted by Crippen LogP contribution is 2.43. The summed E-state index contributed by atoms with van der Waals surface area (Å²) >= 11 is 5.91. The first kappa shape index (κ1) is 14.7. The fraction of sp³-hybridized carbons (Fsp3) is 0.250. The van der Waals surface area contributed by atoms with E-state index in [9.17, 15) is 4.79 Å². The zero-order valence-electron chi connectivity index (χ0n) is 12.6. The van der Waals surface area contributed by atoms with Crippen molar-refractivity contribution in [1.82, 2.24) is 4.98 Å². The molecule has 1 aromatic heterocycles. The van der Waals surface area contributed by atoms with Crippen LogP contribution in [-0.2, 0) is 4.79 Å². The van der Waals surface area contributed by atoms with Crippen LogP contribution in [-0.4, -0.2) is 16.5 Å². The zero-order valence-corrected chi connectivity index (χ0v) is 13.3. The van der Waals surface area contributed by atoms with Crippen LogP contribution in [0.2, 0.25) is 5.15 Å². The number of rotatable bonds is 1. The topological polar surface area (TPSA) is 68.5 Å². The number of pyridine rings is 1. The number of benzene rings is 1. The quantitative estimate of drug-likeness (QED) is 0.646. The highest BCUT2D eigenvalue weighted by atomic mass is 35.5. The van der Waals surface area contributed by atoms with Gasteiger partial charge in [0.25, 0.3) is 5.91 Å². The molecule has 0 saturated carbocycles. The molecule has 0 fully saturated rings. The lowest BCUT2D eigenvalue weighted by molar-refractivity contribution is -0.131. The Morgan fingerprint density at radius 2 is 1.91 bits per heavy atom. The van der Waals surface area contributed by atoms with Gasteiger partial charge in [0.05, 0.1) is 17.1 Å². The Kier molecular flexibility index (Phi) is 3.25. The molecule has 1 amide bonds. The molecule has 0 saturated heterocycles. The summed E-state index contributed by atoms with van der Waals surface area (Å²) in [6.07, 6.45) is 0. The normalized spacial score (nSPS) is 16.2. The van der Waals surface area contributed by atoms with Gasteiger partial charge in [0.15, 0.2) is 5.60 Å². The summed E-state index contributed by atoms with van der Waals surface area (Å²) < 4.78 is 5.81. The fourth-order valence-electron chi connectivity index (χ4n) is 2.49. The number of hydrogen-bond donors (Lipinski definition) is 1. The second kappa shape index (κ2) is 4.88. The number of hydrogen-bond acceptors (Lipinski definition) is 4. The molecule has 0 radical (unpaired) electrons. The van der Waals surface area contributed by atoms with E-state index in [1.54, 1.807) is 49.1 Å². The van der Waals surface area contributed by atoms with E-state index in [1.165, 1.54) is 0 Å². The first-order valence-electron chi connectivity index (χ1n) is 6.86. The number of aryl methyl sites for hydroxylation is 1. The van der Waals surface area contributed by atoms with Crippen molar-refractivity contribution in [2.75, 3.05) is 10.6 Å². The third-order valence-corrected chi connectivity index (χ3v) is 3.78. The van der Waals surface area contributed by atoms with E-state index in [1.807, 2.05) is 6.92 Å². The molecule has 0 bridgehead atoms. The number of ether oxygens (including phenoxy) is 1. The molecule has 5 nitrogen and oxygen atoms in total. The van der Waals surface area contributed by atoms with Gasteiger partial charge in [0, 0.05) is 11.8 Å². The summed E-state index contributed by atoms with van der Waals surface area (Å²) in [6, 6.07) is 8.67. The number of carbonyl (C=O) groups excluding carboxylic acids is 1. The predicted octanol–water partition coefficient (Wildman–Crippen LogP) is 3.46. The summed E-state index contributed by atoms with van der Waals surface area (Å²) in [7, 11) is 0. The van der Waals surface area contributed by atoms with Gasteiger partial charge in [-0.15, -0.1) is 0 Å². The van der Waals surface area contributed by atoms with Gasteiger partial charge in [-0.05, 0) is 45.0 Å². The summed E-state index contributed by atoms with van der Waals surface area (Å²) in [6.45, 7) is 5.27. The molecular weight excluding hydrogens is 302 g/mol. The Morgan fingerprint density at radius 3 is 2.59 bits per heavy atom. The van der Waals surface area contributed by atoms with Crippen molar-refractivity contribution in [3.8, 4) is 5.75 Å². The lowest BCUT2D eigenvalue weighted by atomic mass is 10.0. The van der Waals surface area contributed by atoms with Gasteiger partial charge >= 0.3 is 0 Å². The number of nitrogens with two attached hydrogens (primary N) is 1. The van der Waals surface area contributed by atoms with Gasteiger partial charge in [-0.2, -0.15) is 0 Å². The van der Waals surface area contributed by atoms with Crippen molar-refractivity contribution in [1.29, 1.82) is 0 Å². The van der Waals surface area contributed by atoms with Crippen LogP contribution in [0.3, 0.4) is 0 Å². The number of carbonyl (C=O) groups is 1. The van der Waals surface area contributed by atoms with Gasteiger partial charge in [-0.1, -0.05) is 11.6 Å². The number of amides is 1. The molecule has 0 unspecified atom stereocenters. The Bertz CT molecular complexity index is 774. The van der Waals surface area contributed by atoms with Gasteiger partial charge in [0.2, 0.25) is 0 Å². The predicted molar refractivity (Wildman–Crippen MR) is 86.7 cm³/mol. The fourth-order valence-corrected chi connectivity index (χ4v) is 2.68. The van der Waals surface area contributed by atoms with Crippen LogP contribution in [0.4, 0.5) is 17.1 Å².